The van der Waals surface area contributed by atoms with Crippen LogP contribution in [0.3, 0.4) is 0 Å². The number of carbonyl (C=O) groups is 3. The smallest absolute Gasteiger partial charge is 0.306 e. The summed E-state index contributed by atoms with van der Waals surface area (Å²) in [7, 11) is 0. The lowest BCUT2D eigenvalue weighted by atomic mass is 9.90. The van der Waals surface area contributed by atoms with E-state index in [0.29, 0.717) is 25.7 Å². The van der Waals surface area contributed by atoms with Crippen molar-refractivity contribution in [2.75, 3.05) is 13.2 Å². The Morgan fingerprint density at radius 2 is 1.42 bits per heavy atom. The summed E-state index contributed by atoms with van der Waals surface area (Å²) in [6.45, 7) is 6.20. The van der Waals surface area contributed by atoms with Crippen LogP contribution in [-0.4, -0.2) is 53.4 Å². The van der Waals surface area contributed by atoms with Crippen LogP contribution in [0, 0.1) is 17.8 Å². The zero-order chi connectivity index (χ0) is 35.2. The van der Waals surface area contributed by atoms with Gasteiger partial charge >= 0.3 is 11.9 Å². The lowest BCUT2D eigenvalue weighted by molar-refractivity contribution is -0.161. The predicted molar refractivity (Wildman–Crippen MR) is 195 cm³/mol. The quantitative estimate of drug-likeness (QED) is 0.0428. The highest BCUT2D eigenvalue weighted by Crippen LogP contribution is 2.27. The second kappa shape index (κ2) is 29.6. The predicted octanol–water partition coefficient (Wildman–Crippen LogP) is 9.54. The van der Waals surface area contributed by atoms with Crippen LogP contribution in [0.2, 0.25) is 0 Å². The molecule has 48 heavy (non-hydrogen) atoms. The van der Waals surface area contributed by atoms with Gasteiger partial charge in [-0.1, -0.05) is 147 Å². The Morgan fingerprint density at radius 3 is 2.04 bits per heavy atom. The van der Waals surface area contributed by atoms with Crippen LogP contribution in [-0.2, 0) is 23.9 Å². The van der Waals surface area contributed by atoms with Gasteiger partial charge in [0.25, 0.3) is 0 Å². The fourth-order valence-electron chi connectivity index (χ4n) is 6.02. The first-order chi connectivity index (χ1) is 23.3. The molecule has 0 fully saturated rings. The third-order valence-corrected chi connectivity index (χ3v) is 9.11. The Hall–Kier alpha value is -2.25. The van der Waals surface area contributed by atoms with Gasteiger partial charge in [-0.3, -0.25) is 14.4 Å². The van der Waals surface area contributed by atoms with E-state index in [-0.39, 0.29) is 36.6 Å². The number of rotatable bonds is 31. The molecule has 0 radical (unpaired) electrons. The maximum atomic E-state index is 12.3. The molecule has 1 rings (SSSR count). The topological polar surface area (TPSA) is 110 Å². The van der Waals surface area contributed by atoms with Crippen molar-refractivity contribution in [2.24, 2.45) is 17.8 Å². The number of ketones is 1. The Bertz CT molecular complexity index is 922. The van der Waals surface area contributed by atoms with Gasteiger partial charge in [0, 0.05) is 18.8 Å². The summed E-state index contributed by atoms with van der Waals surface area (Å²) >= 11 is 0. The molecule has 0 saturated carbocycles. The molecule has 0 aromatic heterocycles. The molecule has 7 nitrogen and oxygen atoms in total. The lowest BCUT2D eigenvalue weighted by Gasteiger charge is -2.15. The third-order valence-electron chi connectivity index (χ3n) is 9.11. The van der Waals surface area contributed by atoms with E-state index in [0.717, 1.165) is 50.9 Å². The Balaban J connectivity index is 2.08. The van der Waals surface area contributed by atoms with E-state index in [9.17, 15) is 24.6 Å². The zero-order valence-electron chi connectivity index (χ0n) is 30.8. The van der Waals surface area contributed by atoms with E-state index < -0.39 is 24.8 Å². The van der Waals surface area contributed by atoms with Crippen LogP contribution in [0.25, 0.3) is 0 Å². The molecule has 2 N–H and O–H groups in total. The first kappa shape index (κ1) is 43.8. The molecule has 0 aromatic rings. The molecule has 0 aromatic carbocycles. The number of carbonyl (C=O) groups excluding carboxylic acids is 3. The molecule has 0 bridgehead atoms. The van der Waals surface area contributed by atoms with Gasteiger partial charge in [-0.15, -0.1) is 0 Å². The number of ether oxygens (including phenoxy) is 2. The van der Waals surface area contributed by atoms with Gasteiger partial charge in [0.15, 0.2) is 11.9 Å². The molecule has 7 heteroatoms. The van der Waals surface area contributed by atoms with Crippen LogP contribution >= 0.6 is 0 Å². The maximum Gasteiger partial charge on any atom is 0.306 e. The fourth-order valence-corrected chi connectivity index (χ4v) is 6.02. The monoisotopic (exact) mass is 675 g/mol. The van der Waals surface area contributed by atoms with E-state index in [1.807, 2.05) is 24.3 Å². The number of aliphatic hydroxyl groups is 2. The van der Waals surface area contributed by atoms with Crippen LogP contribution in [0.15, 0.2) is 36.5 Å². The lowest BCUT2D eigenvalue weighted by Crippen LogP contribution is -2.28. The molecular weight excluding hydrogens is 604 g/mol. The Labute approximate surface area is 293 Å². The maximum absolute atomic E-state index is 12.3. The molecule has 0 saturated heterocycles. The van der Waals surface area contributed by atoms with Gasteiger partial charge in [-0.25, -0.2) is 0 Å². The second-order valence-electron chi connectivity index (χ2n) is 14.2. The van der Waals surface area contributed by atoms with E-state index >= 15 is 0 Å². The van der Waals surface area contributed by atoms with Crippen molar-refractivity contribution in [1.82, 2.24) is 0 Å². The minimum absolute atomic E-state index is 0.0712. The van der Waals surface area contributed by atoms with Crippen LogP contribution in [0.1, 0.15) is 162 Å². The summed E-state index contributed by atoms with van der Waals surface area (Å²) in [5.74, 6) is -0.00572. The first-order valence-electron chi connectivity index (χ1n) is 19.5. The number of esters is 2. The minimum Gasteiger partial charge on any atom is -0.462 e. The van der Waals surface area contributed by atoms with Gasteiger partial charge in [-0.05, 0) is 50.0 Å². The summed E-state index contributed by atoms with van der Waals surface area (Å²) in [6.07, 6.45) is 32.5. The Kier molecular flexibility index (Phi) is 27.0. The van der Waals surface area contributed by atoms with Crippen molar-refractivity contribution in [1.29, 1.82) is 0 Å². The normalized spacial score (nSPS) is 17.6. The van der Waals surface area contributed by atoms with Crippen molar-refractivity contribution in [2.45, 2.75) is 174 Å². The highest BCUT2D eigenvalue weighted by Gasteiger charge is 2.27. The molecule has 0 amide bonds. The van der Waals surface area contributed by atoms with Crippen LogP contribution in [0.4, 0.5) is 0 Å². The van der Waals surface area contributed by atoms with Gasteiger partial charge in [0.2, 0.25) is 0 Å². The van der Waals surface area contributed by atoms with Gasteiger partial charge in [0.05, 0.1) is 12.7 Å². The van der Waals surface area contributed by atoms with Crippen molar-refractivity contribution < 1.29 is 34.1 Å². The minimum atomic E-state index is -0.848. The second-order valence-corrected chi connectivity index (χ2v) is 14.2. The number of aliphatic hydroxyl groups excluding tert-OH is 2. The molecule has 0 aliphatic heterocycles. The van der Waals surface area contributed by atoms with Crippen molar-refractivity contribution in [3.05, 3.63) is 36.5 Å². The average Bonchev–Trinajstić information content (AvgIpc) is 3.42. The molecule has 1 aliphatic rings. The molecule has 4 atom stereocenters. The largest absolute Gasteiger partial charge is 0.462 e. The highest BCUT2D eigenvalue weighted by atomic mass is 16.6. The van der Waals surface area contributed by atoms with Gasteiger partial charge in [-0.2, -0.15) is 0 Å². The summed E-state index contributed by atoms with van der Waals surface area (Å²) in [5, 5.41) is 19.7. The SMILES string of the molecule is CCCCC[C@H](O)/C=C/[C@H]1C(=O)C=C[C@@H]1C/C=C\CCCC(=O)O[C@@H](CO)COC(=O)CCCCCCCCCCCCCCC(C)C. The van der Waals surface area contributed by atoms with E-state index in [4.69, 9.17) is 9.47 Å². The van der Waals surface area contributed by atoms with Crippen molar-refractivity contribution >= 4 is 17.7 Å². The number of hydrogen-bond donors (Lipinski definition) is 2. The molecule has 0 unspecified atom stereocenters. The van der Waals surface area contributed by atoms with Gasteiger partial charge < -0.3 is 19.7 Å². The van der Waals surface area contributed by atoms with E-state index in [1.54, 1.807) is 12.2 Å². The molecular formula is C41H70O7. The standard InChI is InChI=1S/C41H70O7/c1-4-5-18-25-36(43)29-30-38-35(28-31-39(38)44)24-20-16-17-22-27-41(46)48-37(32-42)33-47-40(45)26-21-15-13-11-9-7-6-8-10-12-14-19-23-34(2)3/h16,20,28-31,34-38,42-43H,4-15,17-19,21-27,32-33H2,1-3H3/b20-16-,30-29+/t35-,36-,37-,38+/m0/s1. The van der Waals surface area contributed by atoms with Crippen LogP contribution in [0.5, 0.6) is 0 Å². The number of unbranched alkanes of at least 4 members (excludes halogenated alkanes) is 14. The molecule has 0 heterocycles. The summed E-state index contributed by atoms with van der Waals surface area (Å²) in [4.78, 5) is 36.6. The first-order valence-corrected chi connectivity index (χ1v) is 19.5. The van der Waals surface area contributed by atoms with Gasteiger partial charge in [0.1, 0.15) is 6.61 Å². The number of hydrogen-bond acceptors (Lipinski definition) is 7. The highest BCUT2D eigenvalue weighted by molar-refractivity contribution is 5.95. The molecule has 1 aliphatic carbocycles. The molecule has 276 valence electrons. The summed E-state index contributed by atoms with van der Waals surface area (Å²) in [5.41, 5.74) is 0. The summed E-state index contributed by atoms with van der Waals surface area (Å²) < 4.78 is 10.6. The zero-order valence-corrected chi connectivity index (χ0v) is 30.8. The summed E-state index contributed by atoms with van der Waals surface area (Å²) in [6, 6.07) is 0. The third kappa shape index (κ3) is 24.0. The van der Waals surface area contributed by atoms with Crippen molar-refractivity contribution in [3.63, 3.8) is 0 Å². The average molecular weight is 675 g/mol. The fraction of sp³-hybridized carbons (Fsp3) is 0.780. The Morgan fingerprint density at radius 1 is 0.812 bits per heavy atom. The number of allylic oxidation sites excluding steroid dienone is 5. The van der Waals surface area contributed by atoms with Crippen molar-refractivity contribution in [3.8, 4) is 0 Å². The molecule has 0 spiro atoms. The van der Waals surface area contributed by atoms with E-state index in [2.05, 4.69) is 20.8 Å². The van der Waals surface area contributed by atoms with Crippen LogP contribution < -0.4 is 0 Å². The van der Waals surface area contributed by atoms with E-state index in [1.165, 1.54) is 64.2 Å².